The molecule has 0 aliphatic heterocycles. The lowest BCUT2D eigenvalue weighted by molar-refractivity contribution is -0.127. The van der Waals surface area contributed by atoms with E-state index >= 15 is 0 Å². The molecular weight excluding hydrogens is 168 g/mol. The lowest BCUT2D eigenvalue weighted by atomic mass is 9.80. The molecule has 0 spiro atoms. The number of carbonyl (C=O) groups excluding carboxylic acids is 1. The van der Waals surface area contributed by atoms with Crippen LogP contribution in [0.25, 0.3) is 0 Å². The summed E-state index contributed by atoms with van der Waals surface area (Å²) < 4.78 is 0. The van der Waals surface area contributed by atoms with Gasteiger partial charge in [0.25, 0.3) is 0 Å². The van der Waals surface area contributed by atoms with E-state index < -0.39 is 11.1 Å². The molecule has 0 heterocycles. The van der Waals surface area contributed by atoms with Gasteiger partial charge in [0.05, 0.1) is 11.1 Å². The molecule has 0 atom stereocenters. The maximum atomic E-state index is 11.3. The van der Waals surface area contributed by atoms with Gasteiger partial charge in [-0.15, -0.1) is 0 Å². The van der Waals surface area contributed by atoms with Crippen LogP contribution in [0.15, 0.2) is 0 Å². The summed E-state index contributed by atoms with van der Waals surface area (Å²) in [5, 5.41) is 12.3. The molecule has 0 radical (unpaired) electrons. The first kappa shape index (κ1) is 10.5. The maximum Gasteiger partial charge on any atom is 0.239 e. The van der Waals surface area contributed by atoms with E-state index in [1.54, 1.807) is 13.8 Å². The Morgan fingerprint density at radius 2 is 2.15 bits per heavy atom. The summed E-state index contributed by atoms with van der Waals surface area (Å²) in [6, 6.07) is 0. The minimum Gasteiger partial charge on any atom is -0.388 e. The van der Waals surface area contributed by atoms with Crippen LogP contribution in [-0.2, 0) is 4.79 Å². The summed E-state index contributed by atoms with van der Waals surface area (Å²) in [4.78, 5) is 11.3. The van der Waals surface area contributed by atoms with E-state index in [9.17, 15) is 9.90 Å². The predicted molar refractivity (Wildman–Crippen MR) is 50.1 cm³/mol. The molecule has 4 heteroatoms. The second kappa shape index (κ2) is 3.27. The number of amides is 1. The van der Waals surface area contributed by atoms with E-state index in [1.807, 2.05) is 0 Å². The third-order valence-electron chi connectivity index (χ3n) is 2.45. The van der Waals surface area contributed by atoms with Crippen LogP contribution in [0.3, 0.4) is 0 Å². The Kier molecular flexibility index (Phi) is 2.63. The van der Waals surface area contributed by atoms with Crippen LogP contribution in [0.1, 0.15) is 33.1 Å². The zero-order chi connectivity index (χ0) is 10.1. The summed E-state index contributed by atoms with van der Waals surface area (Å²) >= 11 is 0. The highest BCUT2D eigenvalue weighted by Crippen LogP contribution is 2.30. The van der Waals surface area contributed by atoms with E-state index in [2.05, 4.69) is 5.32 Å². The van der Waals surface area contributed by atoms with Crippen LogP contribution < -0.4 is 11.1 Å². The van der Waals surface area contributed by atoms with Crippen molar-refractivity contribution in [3.05, 3.63) is 0 Å². The van der Waals surface area contributed by atoms with Gasteiger partial charge in [-0.2, -0.15) is 0 Å². The van der Waals surface area contributed by atoms with Gasteiger partial charge in [0, 0.05) is 6.54 Å². The normalized spacial score (nSPS) is 20.6. The molecule has 0 saturated heterocycles. The summed E-state index contributed by atoms with van der Waals surface area (Å²) in [6.07, 6.45) is 2.59. The monoisotopic (exact) mass is 186 g/mol. The van der Waals surface area contributed by atoms with E-state index in [-0.39, 0.29) is 5.91 Å². The Morgan fingerprint density at radius 1 is 1.62 bits per heavy atom. The number of carbonyl (C=O) groups is 1. The fourth-order valence-electron chi connectivity index (χ4n) is 1.23. The van der Waals surface area contributed by atoms with Crippen molar-refractivity contribution in [3.8, 4) is 0 Å². The smallest absolute Gasteiger partial charge is 0.239 e. The Labute approximate surface area is 78.5 Å². The predicted octanol–water partition coefficient (Wildman–Crippen LogP) is -0.245. The van der Waals surface area contributed by atoms with Crippen LogP contribution in [0.4, 0.5) is 0 Å². The summed E-state index contributed by atoms with van der Waals surface area (Å²) in [5.74, 6) is -0.215. The third-order valence-corrected chi connectivity index (χ3v) is 2.45. The van der Waals surface area contributed by atoms with Crippen LogP contribution in [0.2, 0.25) is 0 Å². The molecule has 0 bridgehead atoms. The molecule has 76 valence electrons. The van der Waals surface area contributed by atoms with Crippen molar-refractivity contribution in [1.82, 2.24) is 5.32 Å². The van der Waals surface area contributed by atoms with Crippen molar-refractivity contribution in [2.45, 2.75) is 44.2 Å². The Hall–Kier alpha value is -0.610. The first-order chi connectivity index (χ1) is 5.83. The van der Waals surface area contributed by atoms with Gasteiger partial charge in [-0.05, 0) is 33.1 Å². The second-order valence-electron chi connectivity index (χ2n) is 4.48. The van der Waals surface area contributed by atoms with Crippen molar-refractivity contribution in [1.29, 1.82) is 0 Å². The van der Waals surface area contributed by atoms with Crippen LogP contribution in [0.5, 0.6) is 0 Å². The van der Waals surface area contributed by atoms with Crippen molar-refractivity contribution in [2.75, 3.05) is 6.54 Å². The highest BCUT2D eigenvalue weighted by atomic mass is 16.3. The Bertz CT molecular complexity index is 204. The van der Waals surface area contributed by atoms with E-state index in [1.165, 1.54) is 0 Å². The highest BCUT2D eigenvalue weighted by Gasteiger charge is 2.35. The molecule has 0 aromatic rings. The van der Waals surface area contributed by atoms with Gasteiger partial charge in [-0.25, -0.2) is 0 Å². The average molecular weight is 186 g/mol. The average Bonchev–Trinajstić information content (AvgIpc) is 1.94. The topological polar surface area (TPSA) is 75.4 Å². The molecule has 0 unspecified atom stereocenters. The van der Waals surface area contributed by atoms with Crippen LogP contribution in [0, 0.1) is 0 Å². The van der Waals surface area contributed by atoms with Crippen LogP contribution >= 0.6 is 0 Å². The minimum atomic E-state index is -0.861. The summed E-state index contributed by atoms with van der Waals surface area (Å²) in [6.45, 7) is 3.62. The molecule has 0 aromatic carbocycles. The molecule has 1 rings (SSSR count). The Morgan fingerprint density at radius 3 is 2.46 bits per heavy atom. The van der Waals surface area contributed by atoms with Crippen molar-refractivity contribution < 1.29 is 9.90 Å². The molecule has 4 N–H and O–H groups in total. The van der Waals surface area contributed by atoms with Crippen molar-refractivity contribution in [2.24, 2.45) is 5.73 Å². The van der Waals surface area contributed by atoms with Gasteiger partial charge >= 0.3 is 0 Å². The largest absolute Gasteiger partial charge is 0.388 e. The molecule has 1 fully saturated rings. The second-order valence-corrected chi connectivity index (χ2v) is 4.48. The fourth-order valence-corrected chi connectivity index (χ4v) is 1.23. The van der Waals surface area contributed by atoms with Gasteiger partial charge in [0.1, 0.15) is 0 Å². The van der Waals surface area contributed by atoms with E-state index in [4.69, 9.17) is 5.73 Å². The SMILES string of the molecule is CC(C)(N)C(=O)NCC1(O)CCC1. The zero-order valence-corrected chi connectivity index (χ0v) is 8.26. The number of nitrogens with two attached hydrogens (primary N) is 1. The minimum absolute atomic E-state index is 0.215. The fraction of sp³-hybridized carbons (Fsp3) is 0.889. The summed E-state index contributed by atoms with van der Waals surface area (Å²) in [7, 11) is 0. The number of aliphatic hydroxyl groups is 1. The van der Waals surface area contributed by atoms with Crippen molar-refractivity contribution in [3.63, 3.8) is 0 Å². The van der Waals surface area contributed by atoms with Gasteiger partial charge in [0.2, 0.25) is 5.91 Å². The van der Waals surface area contributed by atoms with Crippen molar-refractivity contribution >= 4 is 5.91 Å². The highest BCUT2D eigenvalue weighted by molar-refractivity contribution is 5.85. The standard InChI is InChI=1S/C9H18N2O2/c1-8(2,10)7(12)11-6-9(13)4-3-5-9/h13H,3-6,10H2,1-2H3,(H,11,12). The molecule has 1 amide bonds. The molecule has 0 aromatic heterocycles. The molecule has 1 saturated carbocycles. The maximum absolute atomic E-state index is 11.3. The van der Waals surface area contributed by atoms with Gasteiger partial charge in [0.15, 0.2) is 0 Å². The lowest BCUT2D eigenvalue weighted by Gasteiger charge is -2.37. The molecule has 13 heavy (non-hydrogen) atoms. The first-order valence-electron chi connectivity index (χ1n) is 4.63. The first-order valence-corrected chi connectivity index (χ1v) is 4.63. The lowest BCUT2D eigenvalue weighted by Crippen LogP contribution is -2.55. The molecule has 1 aliphatic rings. The van der Waals surface area contributed by atoms with Crippen LogP contribution in [-0.4, -0.2) is 28.7 Å². The van der Waals surface area contributed by atoms with E-state index in [0.29, 0.717) is 6.54 Å². The van der Waals surface area contributed by atoms with Gasteiger partial charge < -0.3 is 16.2 Å². The quantitative estimate of drug-likeness (QED) is 0.569. The molecule has 1 aliphatic carbocycles. The number of hydrogen-bond donors (Lipinski definition) is 3. The Balaban J connectivity index is 2.30. The number of nitrogens with one attached hydrogen (secondary N) is 1. The van der Waals surface area contributed by atoms with Gasteiger partial charge in [-0.1, -0.05) is 0 Å². The summed E-state index contributed by atoms with van der Waals surface area (Å²) in [5.41, 5.74) is 4.05. The van der Waals surface area contributed by atoms with E-state index in [0.717, 1.165) is 19.3 Å². The number of rotatable bonds is 3. The zero-order valence-electron chi connectivity index (χ0n) is 8.26. The number of hydrogen-bond acceptors (Lipinski definition) is 3. The molecular formula is C9H18N2O2. The molecule has 4 nitrogen and oxygen atoms in total. The van der Waals surface area contributed by atoms with Gasteiger partial charge in [-0.3, -0.25) is 4.79 Å². The third kappa shape index (κ3) is 2.67.